The summed E-state index contributed by atoms with van der Waals surface area (Å²) in [6, 6.07) is 1.07. The molecule has 54 valence electrons. The smallest absolute Gasteiger partial charge is 0.220 e. The van der Waals surface area contributed by atoms with Crippen molar-refractivity contribution in [3.8, 4) is 0 Å². The molecule has 1 aromatic rings. The minimum atomic E-state index is -0.831. The molecule has 0 aliphatic rings. The summed E-state index contributed by atoms with van der Waals surface area (Å²) in [6.07, 6.45) is 1.06. The fraction of sp³-hybridized carbons (Fsp3) is 0.167. The van der Waals surface area contributed by atoms with E-state index in [-0.39, 0.29) is 12.1 Å². The Bertz CT molecular complexity index is 217. The van der Waals surface area contributed by atoms with E-state index in [0.29, 0.717) is 0 Å². The first-order chi connectivity index (χ1) is 4.75. The molecule has 10 heavy (non-hydrogen) atoms. The van der Waals surface area contributed by atoms with E-state index in [9.17, 15) is 8.78 Å². The highest BCUT2D eigenvalue weighted by Crippen LogP contribution is 2.07. The van der Waals surface area contributed by atoms with Gasteiger partial charge >= 0.3 is 0 Å². The molecule has 0 fully saturated rings. The molecule has 0 unspecified atom stereocenters. The van der Waals surface area contributed by atoms with Gasteiger partial charge in [0.1, 0.15) is 5.82 Å². The van der Waals surface area contributed by atoms with E-state index in [1.807, 2.05) is 0 Å². The molecule has 0 atom stereocenters. The molecule has 0 spiro atoms. The molecule has 0 aromatic carbocycles. The zero-order valence-electron chi connectivity index (χ0n) is 5.14. The molecular weight excluding hydrogens is 138 g/mol. The van der Waals surface area contributed by atoms with Crippen LogP contribution in [-0.2, 0) is 6.54 Å². The van der Waals surface area contributed by atoms with Gasteiger partial charge in [-0.2, -0.15) is 4.39 Å². The second kappa shape index (κ2) is 2.70. The van der Waals surface area contributed by atoms with Crippen molar-refractivity contribution in [2.24, 2.45) is 5.73 Å². The highest BCUT2D eigenvalue weighted by molar-refractivity contribution is 5.12. The minimum Gasteiger partial charge on any atom is -0.326 e. The molecule has 0 aliphatic carbocycles. The van der Waals surface area contributed by atoms with Crippen molar-refractivity contribution in [3.05, 3.63) is 29.6 Å². The van der Waals surface area contributed by atoms with E-state index in [4.69, 9.17) is 5.73 Å². The third-order valence-electron chi connectivity index (χ3n) is 1.15. The van der Waals surface area contributed by atoms with Crippen LogP contribution in [0, 0.1) is 11.8 Å². The van der Waals surface area contributed by atoms with E-state index in [0.717, 1.165) is 12.3 Å². The van der Waals surface area contributed by atoms with Crippen LogP contribution in [0.2, 0.25) is 0 Å². The van der Waals surface area contributed by atoms with Crippen molar-refractivity contribution in [3.63, 3.8) is 0 Å². The van der Waals surface area contributed by atoms with Crippen LogP contribution >= 0.6 is 0 Å². The maximum absolute atomic E-state index is 12.5. The van der Waals surface area contributed by atoms with E-state index in [1.54, 1.807) is 0 Å². The van der Waals surface area contributed by atoms with Gasteiger partial charge in [-0.3, -0.25) is 0 Å². The first-order valence-corrected chi connectivity index (χ1v) is 2.74. The minimum absolute atomic E-state index is 0.161. The number of halogens is 2. The van der Waals surface area contributed by atoms with Crippen molar-refractivity contribution in [2.75, 3.05) is 0 Å². The summed E-state index contributed by atoms with van der Waals surface area (Å²) in [4.78, 5) is 3.22. The second-order valence-electron chi connectivity index (χ2n) is 1.77. The van der Waals surface area contributed by atoms with E-state index in [2.05, 4.69) is 4.98 Å². The number of rotatable bonds is 1. The lowest BCUT2D eigenvalue weighted by atomic mass is 10.3. The molecule has 1 aromatic heterocycles. The molecule has 0 radical (unpaired) electrons. The average Bonchev–Trinajstić information content (AvgIpc) is 1.88. The van der Waals surface area contributed by atoms with Gasteiger partial charge in [0.2, 0.25) is 5.95 Å². The van der Waals surface area contributed by atoms with Crippen LogP contribution in [0.15, 0.2) is 12.3 Å². The predicted octanol–water partition coefficient (Wildman–Crippen LogP) is 0.819. The Hall–Kier alpha value is -1.03. The SMILES string of the molecule is NCc1c(F)ccnc1F. The highest BCUT2D eigenvalue weighted by Gasteiger charge is 2.05. The number of nitrogens with zero attached hydrogens (tertiary/aromatic N) is 1. The van der Waals surface area contributed by atoms with Crippen LogP contribution in [0.25, 0.3) is 0 Å². The predicted molar refractivity (Wildman–Crippen MR) is 32.0 cm³/mol. The molecular formula is C6H6F2N2. The van der Waals surface area contributed by atoms with E-state index >= 15 is 0 Å². The van der Waals surface area contributed by atoms with Crippen LogP contribution in [-0.4, -0.2) is 4.98 Å². The van der Waals surface area contributed by atoms with Crippen molar-refractivity contribution in [1.82, 2.24) is 4.98 Å². The summed E-state index contributed by atoms with van der Waals surface area (Å²) in [5.74, 6) is -1.47. The van der Waals surface area contributed by atoms with Gasteiger partial charge in [-0.1, -0.05) is 0 Å². The quantitative estimate of drug-likeness (QED) is 0.592. The van der Waals surface area contributed by atoms with E-state index < -0.39 is 11.8 Å². The summed E-state index contributed by atoms with van der Waals surface area (Å²) in [6.45, 7) is -0.161. The van der Waals surface area contributed by atoms with Gasteiger partial charge in [0.15, 0.2) is 0 Å². The number of pyridine rings is 1. The Morgan fingerprint density at radius 2 is 2.20 bits per heavy atom. The van der Waals surface area contributed by atoms with Gasteiger partial charge in [0, 0.05) is 12.7 Å². The van der Waals surface area contributed by atoms with Crippen LogP contribution in [0.5, 0.6) is 0 Å². The zero-order chi connectivity index (χ0) is 7.56. The Kier molecular flexibility index (Phi) is 1.91. The van der Waals surface area contributed by atoms with Gasteiger partial charge in [-0.25, -0.2) is 9.37 Å². The molecule has 2 N–H and O–H groups in total. The molecule has 0 saturated heterocycles. The van der Waals surface area contributed by atoms with Gasteiger partial charge in [0.05, 0.1) is 5.56 Å². The first kappa shape index (κ1) is 7.08. The molecule has 0 aliphatic heterocycles. The molecule has 1 rings (SSSR count). The summed E-state index contributed by atoms with van der Waals surface area (Å²) < 4.78 is 24.9. The number of aromatic nitrogens is 1. The van der Waals surface area contributed by atoms with Crippen LogP contribution in [0.4, 0.5) is 8.78 Å². The topological polar surface area (TPSA) is 38.9 Å². The average molecular weight is 144 g/mol. The summed E-state index contributed by atoms with van der Waals surface area (Å²) in [7, 11) is 0. The lowest BCUT2D eigenvalue weighted by Gasteiger charge is -1.97. The van der Waals surface area contributed by atoms with Crippen LogP contribution in [0.1, 0.15) is 5.56 Å². The summed E-state index contributed by atoms with van der Waals surface area (Å²) in [5.41, 5.74) is 4.87. The zero-order valence-corrected chi connectivity index (χ0v) is 5.14. The fourth-order valence-electron chi connectivity index (χ4n) is 0.627. The second-order valence-corrected chi connectivity index (χ2v) is 1.77. The Balaban J connectivity index is 3.17. The number of hydrogen-bond acceptors (Lipinski definition) is 2. The maximum Gasteiger partial charge on any atom is 0.220 e. The maximum atomic E-state index is 12.5. The Morgan fingerprint density at radius 1 is 1.50 bits per heavy atom. The summed E-state index contributed by atoms with van der Waals surface area (Å²) in [5, 5.41) is 0. The first-order valence-electron chi connectivity index (χ1n) is 2.74. The normalized spacial score (nSPS) is 9.90. The van der Waals surface area contributed by atoms with Crippen molar-refractivity contribution in [1.29, 1.82) is 0 Å². The number of hydrogen-bond donors (Lipinski definition) is 1. The third kappa shape index (κ3) is 1.11. The summed E-state index contributed by atoms with van der Waals surface area (Å²) >= 11 is 0. The molecule has 1 heterocycles. The molecule has 4 heteroatoms. The standard InChI is InChI=1S/C6H6F2N2/c7-5-1-2-10-6(8)4(5)3-9/h1-2H,3,9H2. The third-order valence-corrected chi connectivity index (χ3v) is 1.15. The fourth-order valence-corrected chi connectivity index (χ4v) is 0.627. The van der Waals surface area contributed by atoms with Crippen LogP contribution in [0.3, 0.4) is 0 Å². The van der Waals surface area contributed by atoms with Gasteiger partial charge < -0.3 is 5.73 Å². The largest absolute Gasteiger partial charge is 0.326 e. The molecule has 0 bridgehead atoms. The van der Waals surface area contributed by atoms with Crippen LogP contribution < -0.4 is 5.73 Å². The monoisotopic (exact) mass is 144 g/mol. The van der Waals surface area contributed by atoms with Gasteiger partial charge in [-0.15, -0.1) is 0 Å². The van der Waals surface area contributed by atoms with Crippen molar-refractivity contribution >= 4 is 0 Å². The molecule has 0 saturated carbocycles. The number of nitrogens with two attached hydrogens (primary N) is 1. The lowest BCUT2D eigenvalue weighted by molar-refractivity contribution is 0.527. The highest BCUT2D eigenvalue weighted by atomic mass is 19.1. The van der Waals surface area contributed by atoms with E-state index in [1.165, 1.54) is 0 Å². The molecule has 0 amide bonds. The Morgan fingerprint density at radius 3 is 2.60 bits per heavy atom. The molecule has 2 nitrogen and oxygen atoms in total. The van der Waals surface area contributed by atoms with Crippen molar-refractivity contribution in [2.45, 2.75) is 6.54 Å². The lowest BCUT2D eigenvalue weighted by Crippen LogP contribution is -2.04. The van der Waals surface area contributed by atoms with Crippen molar-refractivity contribution < 1.29 is 8.78 Å². The van der Waals surface area contributed by atoms with Gasteiger partial charge in [0.25, 0.3) is 0 Å². The Labute approximate surface area is 56.7 Å². The van der Waals surface area contributed by atoms with Gasteiger partial charge in [-0.05, 0) is 6.07 Å².